The fraction of sp³-hybridized carbons (Fsp3) is 0.167. The van der Waals surface area contributed by atoms with Crippen molar-refractivity contribution in [3.63, 3.8) is 0 Å². The second kappa shape index (κ2) is 5.05. The van der Waals surface area contributed by atoms with Crippen LogP contribution in [-0.2, 0) is 13.6 Å². The van der Waals surface area contributed by atoms with Gasteiger partial charge in [0.1, 0.15) is 17.5 Å². The van der Waals surface area contributed by atoms with Crippen molar-refractivity contribution in [3.8, 4) is 0 Å². The lowest BCUT2D eigenvalue weighted by Gasteiger charge is -2.06. The maximum atomic E-state index is 13.4. The molecule has 100 valence electrons. The molecule has 19 heavy (non-hydrogen) atoms. The Hall–Kier alpha value is -2.44. The highest BCUT2D eigenvalue weighted by molar-refractivity contribution is 5.94. The molecular formula is C12H12F2N4O. The van der Waals surface area contributed by atoms with Gasteiger partial charge < -0.3 is 11.1 Å². The molecule has 0 aliphatic rings. The lowest BCUT2D eigenvalue weighted by Crippen LogP contribution is -2.24. The molecule has 0 aliphatic heterocycles. The zero-order chi connectivity index (χ0) is 14.0. The number of hydrogen-bond acceptors (Lipinski definition) is 3. The molecule has 0 spiro atoms. The summed E-state index contributed by atoms with van der Waals surface area (Å²) in [4.78, 5) is 11.7. The van der Waals surface area contributed by atoms with Crippen LogP contribution in [0.2, 0.25) is 0 Å². The number of nitrogens with one attached hydrogen (secondary N) is 1. The Labute approximate surface area is 108 Å². The van der Waals surface area contributed by atoms with Gasteiger partial charge in [-0.2, -0.15) is 5.10 Å². The van der Waals surface area contributed by atoms with Crippen molar-refractivity contribution in [1.29, 1.82) is 0 Å². The predicted octanol–water partition coefficient (Wildman–Crippen LogP) is 1.21. The van der Waals surface area contributed by atoms with Crippen LogP contribution in [0, 0.1) is 11.6 Å². The summed E-state index contributed by atoms with van der Waals surface area (Å²) in [7, 11) is 1.67. The van der Waals surface area contributed by atoms with Crippen molar-refractivity contribution < 1.29 is 13.6 Å². The van der Waals surface area contributed by atoms with Crippen LogP contribution in [0.1, 0.15) is 15.9 Å². The third-order valence-corrected chi connectivity index (χ3v) is 2.68. The monoisotopic (exact) mass is 266 g/mol. The van der Waals surface area contributed by atoms with Gasteiger partial charge in [-0.25, -0.2) is 8.78 Å². The molecule has 0 saturated heterocycles. The second-order valence-electron chi connectivity index (χ2n) is 3.99. The minimum atomic E-state index is -0.906. The van der Waals surface area contributed by atoms with Crippen LogP contribution in [0.25, 0.3) is 0 Å². The Bertz CT molecular complexity index is 624. The molecule has 0 unspecified atom stereocenters. The fourth-order valence-electron chi connectivity index (χ4n) is 1.57. The van der Waals surface area contributed by atoms with Gasteiger partial charge in [-0.1, -0.05) is 0 Å². The van der Waals surface area contributed by atoms with Gasteiger partial charge >= 0.3 is 0 Å². The number of nitrogens with zero attached hydrogens (tertiary/aromatic N) is 2. The molecule has 1 amide bonds. The number of rotatable bonds is 3. The van der Waals surface area contributed by atoms with E-state index in [4.69, 9.17) is 5.73 Å². The highest BCUT2D eigenvalue weighted by Crippen LogP contribution is 2.11. The van der Waals surface area contributed by atoms with Gasteiger partial charge in [-0.05, 0) is 12.1 Å². The number of nitrogen functional groups attached to an aromatic ring is 1. The van der Waals surface area contributed by atoms with E-state index in [0.29, 0.717) is 17.4 Å². The predicted molar refractivity (Wildman–Crippen MR) is 65.1 cm³/mol. The quantitative estimate of drug-likeness (QED) is 0.877. The summed E-state index contributed by atoms with van der Waals surface area (Å²) in [6.45, 7) is 0.120. The van der Waals surface area contributed by atoms with E-state index in [2.05, 4.69) is 10.4 Å². The van der Waals surface area contributed by atoms with E-state index in [9.17, 15) is 13.6 Å². The molecule has 1 heterocycles. The molecule has 0 bridgehead atoms. The summed E-state index contributed by atoms with van der Waals surface area (Å²) >= 11 is 0. The molecule has 2 rings (SSSR count). The summed E-state index contributed by atoms with van der Waals surface area (Å²) in [5.41, 5.74) is 6.11. The average Bonchev–Trinajstić information content (AvgIpc) is 2.67. The zero-order valence-electron chi connectivity index (χ0n) is 10.2. The molecule has 0 fully saturated rings. The molecule has 2 aromatic rings. The van der Waals surface area contributed by atoms with E-state index in [1.807, 2.05) is 0 Å². The average molecular weight is 266 g/mol. The maximum Gasteiger partial charge on any atom is 0.254 e. The largest absolute Gasteiger partial charge is 0.384 e. The number of nitrogens with two attached hydrogens (primary N) is 1. The van der Waals surface area contributed by atoms with Gasteiger partial charge in [0.15, 0.2) is 0 Å². The smallest absolute Gasteiger partial charge is 0.254 e. The molecule has 1 aromatic carbocycles. The minimum Gasteiger partial charge on any atom is -0.384 e. The number of benzene rings is 1. The van der Waals surface area contributed by atoms with Crippen LogP contribution >= 0.6 is 0 Å². The Morgan fingerprint density at radius 1 is 1.47 bits per heavy atom. The van der Waals surface area contributed by atoms with Gasteiger partial charge in [-0.15, -0.1) is 0 Å². The Balaban J connectivity index is 2.07. The number of halogens is 2. The van der Waals surface area contributed by atoms with Crippen LogP contribution in [0.3, 0.4) is 0 Å². The van der Waals surface area contributed by atoms with Crippen molar-refractivity contribution in [3.05, 3.63) is 47.2 Å². The molecule has 7 heteroatoms. The molecule has 5 nitrogen and oxygen atoms in total. The zero-order valence-corrected chi connectivity index (χ0v) is 10.2. The number of hydrogen-bond donors (Lipinski definition) is 2. The number of aryl methyl sites for hydroxylation is 1. The first-order valence-corrected chi connectivity index (χ1v) is 5.48. The van der Waals surface area contributed by atoms with E-state index in [-0.39, 0.29) is 12.1 Å². The number of anilines is 1. The van der Waals surface area contributed by atoms with Gasteiger partial charge in [-0.3, -0.25) is 9.48 Å². The van der Waals surface area contributed by atoms with Crippen LogP contribution < -0.4 is 11.1 Å². The lowest BCUT2D eigenvalue weighted by molar-refractivity contribution is 0.0947. The van der Waals surface area contributed by atoms with E-state index >= 15 is 0 Å². The van der Waals surface area contributed by atoms with Crippen molar-refractivity contribution >= 4 is 11.7 Å². The van der Waals surface area contributed by atoms with Crippen molar-refractivity contribution in [2.24, 2.45) is 7.05 Å². The van der Waals surface area contributed by atoms with Gasteiger partial charge in [0, 0.05) is 25.2 Å². The standard InChI is InChI=1S/C12H12F2N4O/c1-18-11(15)7(6-17-18)5-16-12(19)9-3-2-8(13)4-10(9)14/h2-4,6H,5,15H2,1H3,(H,16,19). The van der Waals surface area contributed by atoms with Crippen LogP contribution in [0.5, 0.6) is 0 Å². The van der Waals surface area contributed by atoms with Gasteiger partial charge in [0.05, 0.1) is 11.8 Å². The summed E-state index contributed by atoms with van der Waals surface area (Å²) in [6.07, 6.45) is 1.51. The highest BCUT2D eigenvalue weighted by Gasteiger charge is 2.13. The Morgan fingerprint density at radius 2 is 2.21 bits per heavy atom. The number of carbonyl (C=O) groups is 1. The molecule has 0 aliphatic carbocycles. The second-order valence-corrected chi connectivity index (χ2v) is 3.99. The number of amides is 1. The van der Waals surface area contributed by atoms with Crippen molar-refractivity contribution in [1.82, 2.24) is 15.1 Å². The van der Waals surface area contributed by atoms with Gasteiger partial charge in [0.25, 0.3) is 5.91 Å². The van der Waals surface area contributed by atoms with E-state index in [1.54, 1.807) is 7.05 Å². The van der Waals surface area contributed by atoms with Crippen LogP contribution in [0.4, 0.5) is 14.6 Å². The molecular weight excluding hydrogens is 254 g/mol. The van der Waals surface area contributed by atoms with E-state index in [1.165, 1.54) is 10.9 Å². The maximum absolute atomic E-state index is 13.4. The van der Waals surface area contributed by atoms with E-state index in [0.717, 1.165) is 12.1 Å². The summed E-state index contributed by atoms with van der Waals surface area (Å²) in [5, 5.41) is 6.41. The van der Waals surface area contributed by atoms with E-state index < -0.39 is 17.5 Å². The summed E-state index contributed by atoms with van der Waals surface area (Å²) in [5.74, 6) is -1.86. The lowest BCUT2D eigenvalue weighted by atomic mass is 10.2. The first-order chi connectivity index (χ1) is 8.99. The van der Waals surface area contributed by atoms with Crippen LogP contribution in [0.15, 0.2) is 24.4 Å². The molecule has 0 saturated carbocycles. The highest BCUT2D eigenvalue weighted by atomic mass is 19.1. The minimum absolute atomic E-state index is 0.120. The summed E-state index contributed by atoms with van der Waals surface area (Å²) < 4.78 is 27.5. The fourth-order valence-corrected chi connectivity index (χ4v) is 1.57. The molecule has 0 radical (unpaired) electrons. The third kappa shape index (κ3) is 2.70. The van der Waals surface area contributed by atoms with Crippen LogP contribution in [-0.4, -0.2) is 15.7 Å². The first-order valence-electron chi connectivity index (χ1n) is 5.48. The Morgan fingerprint density at radius 3 is 2.79 bits per heavy atom. The third-order valence-electron chi connectivity index (χ3n) is 2.68. The van der Waals surface area contributed by atoms with Gasteiger partial charge in [0.2, 0.25) is 0 Å². The van der Waals surface area contributed by atoms with Crippen molar-refractivity contribution in [2.45, 2.75) is 6.54 Å². The number of carbonyl (C=O) groups excluding carboxylic acids is 1. The summed E-state index contributed by atoms with van der Waals surface area (Å²) in [6, 6.07) is 2.77. The first kappa shape index (κ1) is 13.0. The molecule has 0 atom stereocenters. The van der Waals surface area contributed by atoms with Crippen molar-refractivity contribution in [2.75, 3.05) is 5.73 Å². The normalized spacial score (nSPS) is 10.5. The number of aromatic nitrogens is 2. The molecule has 3 N–H and O–H groups in total. The SMILES string of the molecule is Cn1ncc(CNC(=O)c2ccc(F)cc2F)c1N. The Kier molecular flexibility index (Phi) is 3.46. The topological polar surface area (TPSA) is 72.9 Å². The molecule has 1 aromatic heterocycles.